The molecule has 0 radical (unpaired) electrons. The summed E-state index contributed by atoms with van der Waals surface area (Å²) >= 11 is 5.94. The summed E-state index contributed by atoms with van der Waals surface area (Å²) in [5.74, 6) is 1.17. The first-order chi connectivity index (χ1) is 9.10. The van der Waals surface area contributed by atoms with Gasteiger partial charge in [0.1, 0.15) is 17.2 Å². The quantitative estimate of drug-likeness (QED) is 0.391. The molecule has 1 aromatic heterocycles. The minimum atomic E-state index is -0.0473. The average Bonchev–Trinajstić information content (AvgIpc) is 2.43. The molecule has 98 valence electrons. The van der Waals surface area contributed by atoms with Gasteiger partial charge in [0.2, 0.25) is 0 Å². The normalized spacial score (nSPS) is 11.4. The highest BCUT2D eigenvalue weighted by Gasteiger charge is 2.03. The number of aryl methyl sites for hydroxylation is 1. The lowest BCUT2D eigenvalue weighted by Crippen LogP contribution is -2.14. The second-order valence-electron chi connectivity index (χ2n) is 3.88. The molecular formula is C13H12ClN3O2. The molecule has 0 bridgehead atoms. The molecule has 0 unspecified atom stereocenters. The number of amidine groups is 1. The molecule has 0 atom stereocenters. The minimum absolute atomic E-state index is 0.0473. The minimum Gasteiger partial charge on any atom is -0.456 e. The van der Waals surface area contributed by atoms with Crippen molar-refractivity contribution in [2.75, 3.05) is 0 Å². The summed E-state index contributed by atoms with van der Waals surface area (Å²) in [6.07, 6.45) is 1.50. The highest BCUT2D eigenvalue weighted by molar-refractivity contribution is 6.31. The number of benzene rings is 1. The summed E-state index contributed by atoms with van der Waals surface area (Å²) in [6, 6.07) is 8.66. The van der Waals surface area contributed by atoms with Gasteiger partial charge >= 0.3 is 0 Å². The number of halogens is 1. The van der Waals surface area contributed by atoms with Crippen LogP contribution in [0.3, 0.4) is 0 Å². The monoisotopic (exact) mass is 277 g/mol. The molecule has 2 aromatic rings. The lowest BCUT2D eigenvalue weighted by molar-refractivity contribution is 0.318. The summed E-state index contributed by atoms with van der Waals surface area (Å²) < 4.78 is 5.62. The second-order valence-corrected chi connectivity index (χ2v) is 4.28. The SMILES string of the molecule is Cc1cc(Oc2ccc(/C(N)=N/O)nc2)ccc1Cl. The number of nitrogens with zero attached hydrogens (tertiary/aromatic N) is 2. The van der Waals surface area contributed by atoms with Crippen molar-refractivity contribution in [3.05, 3.63) is 52.8 Å². The van der Waals surface area contributed by atoms with Gasteiger partial charge in [-0.15, -0.1) is 0 Å². The highest BCUT2D eigenvalue weighted by Crippen LogP contribution is 2.25. The van der Waals surface area contributed by atoms with E-state index in [2.05, 4.69) is 10.1 Å². The molecule has 0 spiro atoms. The van der Waals surface area contributed by atoms with Gasteiger partial charge in [-0.3, -0.25) is 0 Å². The number of oxime groups is 1. The van der Waals surface area contributed by atoms with Crippen molar-refractivity contribution in [1.29, 1.82) is 0 Å². The van der Waals surface area contributed by atoms with Crippen LogP contribution < -0.4 is 10.5 Å². The smallest absolute Gasteiger partial charge is 0.188 e. The third-order valence-electron chi connectivity index (χ3n) is 2.47. The van der Waals surface area contributed by atoms with E-state index < -0.39 is 0 Å². The Labute approximate surface area is 115 Å². The molecular weight excluding hydrogens is 266 g/mol. The third-order valence-corrected chi connectivity index (χ3v) is 2.90. The maximum Gasteiger partial charge on any atom is 0.188 e. The first-order valence-corrected chi connectivity index (χ1v) is 5.86. The highest BCUT2D eigenvalue weighted by atomic mass is 35.5. The third kappa shape index (κ3) is 3.14. The largest absolute Gasteiger partial charge is 0.456 e. The molecule has 1 aromatic carbocycles. The van der Waals surface area contributed by atoms with Crippen molar-refractivity contribution in [2.45, 2.75) is 6.92 Å². The van der Waals surface area contributed by atoms with Crippen LogP contribution in [0.25, 0.3) is 0 Å². The zero-order valence-corrected chi connectivity index (χ0v) is 10.9. The summed E-state index contributed by atoms with van der Waals surface area (Å²) in [6.45, 7) is 1.90. The number of rotatable bonds is 3. The van der Waals surface area contributed by atoms with Crippen LogP contribution in [-0.2, 0) is 0 Å². The summed E-state index contributed by atoms with van der Waals surface area (Å²) in [5, 5.41) is 12.1. The molecule has 0 saturated carbocycles. The van der Waals surface area contributed by atoms with E-state index in [1.54, 1.807) is 24.3 Å². The van der Waals surface area contributed by atoms with Crippen LogP contribution in [0.5, 0.6) is 11.5 Å². The Morgan fingerprint density at radius 3 is 2.63 bits per heavy atom. The van der Waals surface area contributed by atoms with Gasteiger partial charge in [-0.25, -0.2) is 4.98 Å². The fourth-order valence-corrected chi connectivity index (χ4v) is 1.58. The first-order valence-electron chi connectivity index (χ1n) is 5.48. The van der Waals surface area contributed by atoms with Gasteiger partial charge in [-0.05, 0) is 42.8 Å². The lowest BCUT2D eigenvalue weighted by atomic mass is 10.2. The van der Waals surface area contributed by atoms with Gasteiger partial charge in [0.05, 0.1) is 6.20 Å². The Hall–Kier alpha value is -2.27. The van der Waals surface area contributed by atoms with E-state index >= 15 is 0 Å². The molecule has 0 aliphatic carbocycles. The fraction of sp³-hybridized carbons (Fsp3) is 0.0769. The lowest BCUT2D eigenvalue weighted by Gasteiger charge is -2.07. The Bertz CT molecular complexity index is 612. The Balaban J connectivity index is 2.17. The number of pyridine rings is 1. The Kier molecular flexibility index (Phi) is 3.87. The standard InChI is InChI=1S/C13H12ClN3O2/c1-8-6-9(2-4-11(8)14)19-10-3-5-12(16-7-10)13(15)17-18/h2-7,18H,1H3,(H2,15,17). The van der Waals surface area contributed by atoms with E-state index in [0.717, 1.165) is 5.56 Å². The topological polar surface area (TPSA) is 80.7 Å². The maximum absolute atomic E-state index is 8.53. The average molecular weight is 278 g/mol. The number of ether oxygens (including phenoxy) is 1. The van der Waals surface area contributed by atoms with Crippen LogP contribution in [0, 0.1) is 6.92 Å². The first kappa shape index (κ1) is 13.2. The number of nitrogens with two attached hydrogens (primary N) is 1. The van der Waals surface area contributed by atoms with Crippen LogP contribution in [0.4, 0.5) is 0 Å². The molecule has 0 saturated heterocycles. The number of aromatic nitrogens is 1. The molecule has 0 amide bonds. The molecule has 6 heteroatoms. The van der Waals surface area contributed by atoms with Crippen LogP contribution in [0.2, 0.25) is 5.02 Å². The van der Waals surface area contributed by atoms with E-state index in [9.17, 15) is 0 Å². The van der Waals surface area contributed by atoms with E-state index in [4.69, 9.17) is 27.3 Å². The summed E-state index contributed by atoms with van der Waals surface area (Å²) in [7, 11) is 0. The van der Waals surface area contributed by atoms with Gasteiger partial charge in [-0.2, -0.15) is 0 Å². The van der Waals surface area contributed by atoms with Gasteiger partial charge < -0.3 is 15.7 Å². The fourth-order valence-electron chi connectivity index (χ4n) is 1.46. The molecule has 5 nitrogen and oxygen atoms in total. The summed E-state index contributed by atoms with van der Waals surface area (Å²) in [5.41, 5.74) is 6.72. The van der Waals surface area contributed by atoms with Crippen molar-refractivity contribution in [3.63, 3.8) is 0 Å². The van der Waals surface area contributed by atoms with Crippen LogP contribution in [0.1, 0.15) is 11.3 Å². The van der Waals surface area contributed by atoms with Crippen LogP contribution in [-0.4, -0.2) is 16.0 Å². The Morgan fingerprint density at radius 1 is 1.32 bits per heavy atom. The molecule has 0 fully saturated rings. The van der Waals surface area contributed by atoms with Gasteiger partial charge in [0.25, 0.3) is 0 Å². The van der Waals surface area contributed by atoms with Gasteiger partial charge in [-0.1, -0.05) is 16.8 Å². The second kappa shape index (κ2) is 5.58. The number of hydrogen-bond donors (Lipinski definition) is 2. The van der Waals surface area contributed by atoms with E-state index in [1.165, 1.54) is 6.20 Å². The van der Waals surface area contributed by atoms with Gasteiger partial charge in [0.15, 0.2) is 5.84 Å². The zero-order chi connectivity index (χ0) is 13.8. The molecule has 19 heavy (non-hydrogen) atoms. The summed E-state index contributed by atoms with van der Waals surface area (Å²) in [4.78, 5) is 4.02. The van der Waals surface area contributed by atoms with Crippen molar-refractivity contribution < 1.29 is 9.94 Å². The Morgan fingerprint density at radius 2 is 2.05 bits per heavy atom. The number of hydrogen-bond acceptors (Lipinski definition) is 4. The van der Waals surface area contributed by atoms with Crippen molar-refractivity contribution in [2.24, 2.45) is 10.9 Å². The van der Waals surface area contributed by atoms with Crippen molar-refractivity contribution >= 4 is 17.4 Å². The molecule has 0 aliphatic heterocycles. The van der Waals surface area contributed by atoms with E-state index in [0.29, 0.717) is 22.2 Å². The molecule has 2 rings (SSSR count). The predicted octanol–water partition coefficient (Wildman–Crippen LogP) is 2.93. The van der Waals surface area contributed by atoms with Crippen molar-refractivity contribution in [1.82, 2.24) is 4.98 Å². The zero-order valence-electron chi connectivity index (χ0n) is 10.2. The molecule has 3 N–H and O–H groups in total. The van der Waals surface area contributed by atoms with Crippen molar-refractivity contribution in [3.8, 4) is 11.5 Å². The van der Waals surface area contributed by atoms with Crippen LogP contribution in [0.15, 0.2) is 41.7 Å². The van der Waals surface area contributed by atoms with Crippen LogP contribution >= 0.6 is 11.6 Å². The van der Waals surface area contributed by atoms with Gasteiger partial charge in [0, 0.05) is 5.02 Å². The van der Waals surface area contributed by atoms with E-state index in [-0.39, 0.29) is 5.84 Å². The van der Waals surface area contributed by atoms with E-state index in [1.807, 2.05) is 13.0 Å². The molecule has 0 aliphatic rings. The maximum atomic E-state index is 8.53. The predicted molar refractivity (Wildman–Crippen MR) is 73.0 cm³/mol. The molecule has 1 heterocycles.